The van der Waals surface area contributed by atoms with Crippen LogP contribution in [-0.4, -0.2) is 23.7 Å². The molecule has 4 heteroatoms. The Morgan fingerprint density at radius 3 is 2.81 bits per heavy atom. The number of nitrogens with one attached hydrogen (secondary N) is 1. The third-order valence-electron chi connectivity index (χ3n) is 2.56. The van der Waals surface area contributed by atoms with Crippen LogP contribution in [0.4, 0.5) is 5.69 Å². The molecular formula is C12H18N2O2. The van der Waals surface area contributed by atoms with E-state index in [1.807, 2.05) is 32.0 Å². The Balaban J connectivity index is 2.62. The molecule has 0 spiro atoms. The summed E-state index contributed by atoms with van der Waals surface area (Å²) in [7, 11) is 0. The molecule has 0 heterocycles. The fourth-order valence-corrected chi connectivity index (χ4v) is 1.64. The highest BCUT2D eigenvalue weighted by Gasteiger charge is 2.09. The number of nitrogens with two attached hydrogens (primary N) is 1. The molecule has 16 heavy (non-hydrogen) atoms. The number of nitrogen functional groups attached to an aromatic ring is 1. The van der Waals surface area contributed by atoms with Crippen molar-refractivity contribution in [3.8, 4) is 0 Å². The number of hydrogen-bond donors (Lipinski definition) is 3. The molecule has 0 radical (unpaired) electrons. The maximum absolute atomic E-state index is 10.4. The molecule has 1 rings (SSSR count). The molecule has 0 saturated carbocycles. The number of carboxylic acids is 1. The van der Waals surface area contributed by atoms with Gasteiger partial charge in [-0.2, -0.15) is 0 Å². The van der Waals surface area contributed by atoms with Crippen molar-refractivity contribution in [1.29, 1.82) is 0 Å². The molecule has 4 N–H and O–H groups in total. The van der Waals surface area contributed by atoms with Crippen molar-refractivity contribution in [2.45, 2.75) is 26.3 Å². The molecule has 1 atom stereocenters. The van der Waals surface area contributed by atoms with Crippen molar-refractivity contribution < 1.29 is 9.90 Å². The first kappa shape index (κ1) is 12.5. The van der Waals surface area contributed by atoms with Crippen LogP contribution in [0.25, 0.3) is 0 Å². The second kappa shape index (κ2) is 5.51. The van der Waals surface area contributed by atoms with Gasteiger partial charge < -0.3 is 16.2 Å². The van der Waals surface area contributed by atoms with Gasteiger partial charge >= 0.3 is 5.97 Å². The SMILES string of the molecule is Cc1cccc(N)c1CC(C)NCC(=O)O. The Bertz CT molecular complexity index is 357. The topological polar surface area (TPSA) is 75.3 Å². The summed E-state index contributed by atoms with van der Waals surface area (Å²) in [6, 6.07) is 5.89. The van der Waals surface area contributed by atoms with Gasteiger partial charge in [-0.1, -0.05) is 12.1 Å². The predicted octanol–water partition coefficient (Wildman–Crippen LogP) is 1.18. The Kier molecular flexibility index (Phi) is 4.31. The van der Waals surface area contributed by atoms with Crippen molar-refractivity contribution in [2.24, 2.45) is 0 Å². The summed E-state index contributed by atoms with van der Waals surface area (Å²) in [4.78, 5) is 10.4. The molecule has 0 fully saturated rings. The molecule has 1 unspecified atom stereocenters. The van der Waals surface area contributed by atoms with Crippen LogP contribution in [0.5, 0.6) is 0 Å². The van der Waals surface area contributed by atoms with Crippen LogP contribution in [0.15, 0.2) is 18.2 Å². The molecule has 1 aromatic rings. The van der Waals surface area contributed by atoms with Crippen LogP contribution < -0.4 is 11.1 Å². The molecule has 0 aliphatic rings. The molecule has 0 amide bonds. The summed E-state index contributed by atoms with van der Waals surface area (Å²) >= 11 is 0. The lowest BCUT2D eigenvalue weighted by molar-refractivity contribution is -0.136. The Morgan fingerprint density at radius 1 is 1.56 bits per heavy atom. The highest BCUT2D eigenvalue weighted by Crippen LogP contribution is 2.17. The number of carbonyl (C=O) groups is 1. The van der Waals surface area contributed by atoms with E-state index in [0.717, 1.165) is 23.2 Å². The molecule has 4 nitrogen and oxygen atoms in total. The van der Waals surface area contributed by atoms with Gasteiger partial charge in [0.1, 0.15) is 0 Å². The van der Waals surface area contributed by atoms with Gasteiger partial charge in [-0.05, 0) is 37.5 Å². The molecular weight excluding hydrogens is 204 g/mol. The maximum atomic E-state index is 10.4. The second-order valence-corrected chi connectivity index (χ2v) is 4.02. The van der Waals surface area contributed by atoms with Crippen molar-refractivity contribution in [3.63, 3.8) is 0 Å². The molecule has 88 valence electrons. The fourth-order valence-electron chi connectivity index (χ4n) is 1.64. The van der Waals surface area contributed by atoms with E-state index in [9.17, 15) is 4.79 Å². The normalized spacial score (nSPS) is 12.4. The largest absolute Gasteiger partial charge is 0.480 e. The van der Waals surface area contributed by atoms with E-state index in [1.54, 1.807) is 0 Å². The summed E-state index contributed by atoms with van der Waals surface area (Å²) in [5.74, 6) is -0.843. The molecule has 0 aromatic heterocycles. The van der Waals surface area contributed by atoms with Gasteiger partial charge in [0.25, 0.3) is 0 Å². The highest BCUT2D eigenvalue weighted by atomic mass is 16.4. The first-order valence-corrected chi connectivity index (χ1v) is 5.30. The number of rotatable bonds is 5. The van der Waals surface area contributed by atoms with Gasteiger partial charge in [-0.15, -0.1) is 0 Å². The fraction of sp³-hybridized carbons (Fsp3) is 0.417. The number of anilines is 1. The lowest BCUT2D eigenvalue weighted by Gasteiger charge is -2.15. The quantitative estimate of drug-likeness (QED) is 0.654. The van der Waals surface area contributed by atoms with Crippen LogP contribution in [0.3, 0.4) is 0 Å². The van der Waals surface area contributed by atoms with Crippen LogP contribution in [0.2, 0.25) is 0 Å². The summed E-state index contributed by atoms with van der Waals surface area (Å²) in [6.07, 6.45) is 0.742. The minimum atomic E-state index is -0.843. The van der Waals surface area contributed by atoms with E-state index < -0.39 is 5.97 Å². The van der Waals surface area contributed by atoms with Crippen LogP contribution in [0, 0.1) is 6.92 Å². The summed E-state index contributed by atoms with van der Waals surface area (Å²) in [6.45, 7) is 3.94. The smallest absolute Gasteiger partial charge is 0.317 e. The van der Waals surface area contributed by atoms with Crippen molar-refractivity contribution in [2.75, 3.05) is 12.3 Å². The highest BCUT2D eigenvalue weighted by molar-refractivity contribution is 5.69. The van der Waals surface area contributed by atoms with Gasteiger partial charge in [0.05, 0.1) is 6.54 Å². The molecule has 0 aliphatic carbocycles. The lowest BCUT2D eigenvalue weighted by atomic mass is 10.00. The van der Waals surface area contributed by atoms with E-state index in [2.05, 4.69) is 5.32 Å². The maximum Gasteiger partial charge on any atom is 0.317 e. The average Bonchev–Trinajstić information content (AvgIpc) is 2.21. The third-order valence-corrected chi connectivity index (χ3v) is 2.56. The third kappa shape index (κ3) is 3.55. The Labute approximate surface area is 95.5 Å². The monoisotopic (exact) mass is 222 g/mol. The minimum Gasteiger partial charge on any atom is -0.480 e. The van der Waals surface area contributed by atoms with Crippen molar-refractivity contribution in [1.82, 2.24) is 5.32 Å². The van der Waals surface area contributed by atoms with Crippen LogP contribution >= 0.6 is 0 Å². The zero-order valence-electron chi connectivity index (χ0n) is 9.66. The number of carboxylic acid groups (broad SMARTS) is 1. The zero-order chi connectivity index (χ0) is 12.1. The van der Waals surface area contributed by atoms with Gasteiger partial charge in [-0.3, -0.25) is 4.79 Å². The number of aliphatic carboxylic acids is 1. The van der Waals surface area contributed by atoms with Gasteiger partial charge in [0.2, 0.25) is 0 Å². The number of benzene rings is 1. The minimum absolute atomic E-state index is 0.0209. The van der Waals surface area contributed by atoms with Crippen molar-refractivity contribution in [3.05, 3.63) is 29.3 Å². The average molecular weight is 222 g/mol. The molecule has 1 aromatic carbocycles. The van der Waals surface area contributed by atoms with Gasteiger partial charge in [0.15, 0.2) is 0 Å². The number of aryl methyl sites for hydroxylation is 1. The summed E-state index contributed by atoms with van der Waals surface area (Å²) < 4.78 is 0. The molecule has 0 bridgehead atoms. The summed E-state index contributed by atoms with van der Waals surface area (Å²) in [5, 5.41) is 11.5. The zero-order valence-corrected chi connectivity index (χ0v) is 9.66. The van der Waals surface area contributed by atoms with E-state index in [4.69, 9.17) is 10.8 Å². The Morgan fingerprint density at radius 2 is 2.25 bits per heavy atom. The van der Waals surface area contributed by atoms with E-state index in [0.29, 0.717) is 0 Å². The summed E-state index contributed by atoms with van der Waals surface area (Å²) in [5.41, 5.74) is 8.88. The van der Waals surface area contributed by atoms with E-state index in [-0.39, 0.29) is 12.6 Å². The van der Waals surface area contributed by atoms with E-state index >= 15 is 0 Å². The molecule has 0 aliphatic heterocycles. The Hall–Kier alpha value is -1.55. The van der Waals surface area contributed by atoms with Crippen LogP contribution in [-0.2, 0) is 11.2 Å². The predicted molar refractivity (Wildman–Crippen MR) is 64.4 cm³/mol. The standard InChI is InChI=1S/C12H18N2O2/c1-8-4-3-5-11(13)10(8)6-9(2)14-7-12(15)16/h3-5,9,14H,6-7,13H2,1-2H3,(H,15,16). The molecule has 0 saturated heterocycles. The number of hydrogen-bond acceptors (Lipinski definition) is 3. The van der Waals surface area contributed by atoms with E-state index in [1.165, 1.54) is 0 Å². The second-order valence-electron chi connectivity index (χ2n) is 4.02. The first-order valence-electron chi connectivity index (χ1n) is 5.30. The van der Waals surface area contributed by atoms with Crippen molar-refractivity contribution >= 4 is 11.7 Å². The van der Waals surface area contributed by atoms with Gasteiger partial charge in [-0.25, -0.2) is 0 Å². The van der Waals surface area contributed by atoms with Gasteiger partial charge in [0, 0.05) is 11.7 Å². The first-order chi connectivity index (χ1) is 7.50. The van der Waals surface area contributed by atoms with Crippen LogP contribution in [0.1, 0.15) is 18.1 Å². The lowest BCUT2D eigenvalue weighted by Crippen LogP contribution is -2.33.